The van der Waals surface area contributed by atoms with Crippen molar-refractivity contribution in [3.05, 3.63) is 6.67 Å². The van der Waals surface area contributed by atoms with Crippen LogP contribution in [0.5, 0.6) is 0 Å². The van der Waals surface area contributed by atoms with Gasteiger partial charge >= 0.3 is 0 Å². The van der Waals surface area contributed by atoms with Crippen molar-refractivity contribution in [2.24, 2.45) is 0 Å². The summed E-state index contributed by atoms with van der Waals surface area (Å²) in [4.78, 5) is 10.0. The Hall–Kier alpha value is -0.570. The number of nitrogens with one attached hydrogen (secondary N) is 2. The first-order valence-corrected chi connectivity index (χ1v) is 1.66. The second-order valence-corrected chi connectivity index (χ2v) is 1.03. The topological polar surface area (TPSA) is 41.1 Å². The Morgan fingerprint density at radius 1 is 1.83 bits per heavy atom. The molecule has 0 atom stereocenters. The zero-order chi connectivity index (χ0) is 4.41. The summed E-state index contributed by atoms with van der Waals surface area (Å²) in [5, 5.41) is 4.88. The van der Waals surface area contributed by atoms with Crippen LogP contribution in [0.25, 0.3) is 0 Å². The largest absolute Gasteiger partial charge is 0.330 e. The van der Waals surface area contributed by atoms with Crippen molar-refractivity contribution in [3.8, 4) is 0 Å². The Morgan fingerprint density at radius 2 is 2.67 bits per heavy atom. The van der Waals surface area contributed by atoms with Crippen molar-refractivity contribution in [3.63, 3.8) is 0 Å². The van der Waals surface area contributed by atoms with Crippen LogP contribution in [0.15, 0.2) is 0 Å². The van der Waals surface area contributed by atoms with Crippen molar-refractivity contribution >= 4 is 5.91 Å². The van der Waals surface area contributed by atoms with Gasteiger partial charge in [-0.25, -0.2) is 0 Å². The Morgan fingerprint density at radius 3 is 2.83 bits per heavy atom. The van der Waals surface area contributed by atoms with Crippen LogP contribution in [0.2, 0.25) is 0 Å². The zero-order valence-corrected chi connectivity index (χ0v) is 3.12. The lowest BCUT2D eigenvalue weighted by atomic mass is 10.7. The molecule has 0 aromatic heterocycles. The highest BCUT2D eigenvalue weighted by Crippen LogP contribution is 1.72. The van der Waals surface area contributed by atoms with Gasteiger partial charge in [-0.05, 0) is 0 Å². The first-order valence-electron chi connectivity index (χ1n) is 1.66. The third kappa shape index (κ3) is 0.490. The van der Waals surface area contributed by atoms with Gasteiger partial charge in [0.05, 0.1) is 6.54 Å². The van der Waals surface area contributed by atoms with E-state index in [9.17, 15) is 4.79 Å². The van der Waals surface area contributed by atoms with Crippen LogP contribution < -0.4 is 10.6 Å². The van der Waals surface area contributed by atoms with Gasteiger partial charge in [0.15, 0.2) is 6.67 Å². The van der Waals surface area contributed by atoms with Crippen LogP contribution in [0.3, 0.4) is 0 Å². The summed E-state index contributed by atoms with van der Waals surface area (Å²) in [7, 11) is 0. The number of carbonyl (C=O) groups is 1. The van der Waals surface area contributed by atoms with E-state index in [1.807, 2.05) is 0 Å². The third-order valence-electron chi connectivity index (χ3n) is 0.539. The van der Waals surface area contributed by atoms with E-state index in [1.165, 1.54) is 0 Å². The van der Waals surface area contributed by atoms with Crippen LogP contribution in [0.4, 0.5) is 0 Å². The normalized spacial score (nSPS) is 21.0. The lowest BCUT2D eigenvalue weighted by Gasteiger charge is -1.75. The fourth-order valence-corrected chi connectivity index (χ4v) is 0.283. The van der Waals surface area contributed by atoms with Crippen molar-refractivity contribution < 1.29 is 4.79 Å². The van der Waals surface area contributed by atoms with Crippen LogP contribution in [0, 0.1) is 6.67 Å². The van der Waals surface area contributed by atoms with Crippen molar-refractivity contribution in [1.29, 1.82) is 0 Å². The van der Waals surface area contributed by atoms with Gasteiger partial charge in [-0.2, -0.15) is 0 Å². The summed E-state index contributed by atoms with van der Waals surface area (Å²) in [5.41, 5.74) is 0. The van der Waals surface area contributed by atoms with E-state index < -0.39 is 0 Å². The highest BCUT2D eigenvalue weighted by molar-refractivity contribution is 5.80. The second kappa shape index (κ2) is 1.26. The molecule has 1 fully saturated rings. The summed E-state index contributed by atoms with van der Waals surface area (Å²) in [5.74, 6) is -0.0185. The fourth-order valence-electron chi connectivity index (χ4n) is 0.283. The van der Waals surface area contributed by atoms with E-state index in [-0.39, 0.29) is 5.91 Å². The quantitative estimate of drug-likeness (QED) is 0.383. The molecule has 0 bridgehead atoms. The van der Waals surface area contributed by atoms with Gasteiger partial charge in [-0.1, -0.05) is 0 Å². The van der Waals surface area contributed by atoms with Gasteiger partial charge in [0.1, 0.15) is 0 Å². The third-order valence-corrected chi connectivity index (χ3v) is 0.539. The van der Waals surface area contributed by atoms with Gasteiger partial charge in [0.25, 0.3) is 0 Å². The van der Waals surface area contributed by atoms with E-state index in [0.717, 1.165) is 0 Å². The lowest BCUT2D eigenvalue weighted by molar-refractivity contribution is -0.117. The maximum absolute atomic E-state index is 10.0. The summed E-state index contributed by atoms with van der Waals surface area (Å²) in [6.45, 7) is 2.80. The van der Waals surface area contributed by atoms with E-state index >= 15 is 0 Å². The van der Waals surface area contributed by atoms with Crippen molar-refractivity contribution in [2.45, 2.75) is 0 Å². The molecule has 2 radical (unpaired) electrons. The SMILES string of the molecule is O=C1CN[C]N1. The molecule has 6 heavy (non-hydrogen) atoms. The summed E-state index contributed by atoms with van der Waals surface area (Å²) >= 11 is 0. The van der Waals surface area contributed by atoms with Crippen LogP contribution in [0.1, 0.15) is 0 Å². The first kappa shape index (κ1) is 3.61. The molecule has 2 N–H and O–H groups in total. The Labute approximate surface area is 35.7 Å². The molecule has 1 rings (SSSR count). The van der Waals surface area contributed by atoms with Gasteiger partial charge in [-0.3, -0.25) is 10.1 Å². The average Bonchev–Trinajstić information content (AvgIpc) is 1.86. The highest BCUT2D eigenvalue weighted by atomic mass is 16.2. The molecule has 0 unspecified atom stereocenters. The van der Waals surface area contributed by atoms with Gasteiger partial charge in [0.2, 0.25) is 5.91 Å². The van der Waals surface area contributed by atoms with Gasteiger partial charge < -0.3 is 5.32 Å². The molecule has 0 saturated carbocycles. The number of carbonyl (C=O) groups excluding carboxylic acids is 1. The molecule has 3 heteroatoms. The first-order chi connectivity index (χ1) is 2.89. The molecule has 0 spiro atoms. The minimum absolute atomic E-state index is 0.0185. The predicted octanol–water partition coefficient (Wildman–Crippen LogP) is -1.30. The summed E-state index contributed by atoms with van der Waals surface area (Å²) in [6, 6.07) is 0. The molecule has 0 aliphatic carbocycles. The molecule has 1 aliphatic heterocycles. The predicted molar refractivity (Wildman–Crippen MR) is 19.4 cm³/mol. The molecule has 0 aromatic carbocycles. The molecular formula is C3H4N2O. The molecule has 1 amide bonds. The van der Waals surface area contributed by atoms with E-state index in [1.54, 1.807) is 0 Å². The smallest absolute Gasteiger partial charge is 0.235 e. The second-order valence-electron chi connectivity index (χ2n) is 1.03. The Bertz CT molecular complexity index is 63.2. The van der Waals surface area contributed by atoms with Gasteiger partial charge in [-0.15, -0.1) is 0 Å². The number of hydrogen-bond donors (Lipinski definition) is 2. The van der Waals surface area contributed by atoms with Crippen molar-refractivity contribution in [2.75, 3.05) is 6.54 Å². The Kier molecular flexibility index (Phi) is 0.759. The molecule has 1 heterocycles. The molecule has 1 aliphatic rings. The molecule has 0 aromatic rings. The summed E-state index contributed by atoms with van der Waals surface area (Å²) < 4.78 is 0. The van der Waals surface area contributed by atoms with Gasteiger partial charge in [0, 0.05) is 0 Å². The minimum Gasteiger partial charge on any atom is -0.330 e. The molecule has 32 valence electrons. The maximum Gasteiger partial charge on any atom is 0.235 e. The number of rotatable bonds is 0. The fraction of sp³-hybridized carbons (Fsp3) is 0.333. The standard InChI is InChI=1S/C3H4N2O/c6-3-1-4-2-5-3/h4H,1H2,(H,5,6). The number of amides is 1. The molecule has 1 saturated heterocycles. The monoisotopic (exact) mass is 84.0 g/mol. The zero-order valence-electron chi connectivity index (χ0n) is 3.12. The van der Waals surface area contributed by atoms with Crippen molar-refractivity contribution in [1.82, 2.24) is 10.6 Å². The van der Waals surface area contributed by atoms with Crippen LogP contribution >= 0.6 is 0 Å². The summed E-state index contributed by atoms with van der Waals surface area (Å²) in [6.07, 6.45) is 0. The lowest BCUT2D eigenvalue weighted by Crippen LogP contribution is -2.12. The van der Waals surface area contributed by atoms with Crippen LogP contribution in [-0.4, -0.2) is 12.5 Å². The minimum atomic E-state index is -0.0185. The van der Waals surface area contributed by atoms with Crippen LogP contribution in [-0.2, 0) is 4.79 Å². The number of hydrogen-bond acceptors (Lipinski definition) is 2. The molecule has 3 nitrogen and oxygen atoms in total. The molecular weight excluding hydrogens is 80.0 g/mol. The van der Waals surface area contributed by atoms with E-state index in [2.05, 4.69) is 17.3 Å². The Balaban J connectivity index is 2.37. The average molecular weight is 84.1 g/mol. The maximum atomic E-state index is 10.0. The van der Waals surface area contributed by atoms with E-state index in [0.29, 0.717) is 6.54 Å². The van der Waals surface area contributed by atoms with E-state index in [4.69, 9.17) is 0 Å². The highest BCUT2D eigenvalue weighted by Gasteiger charge is 2.05.